The van der Waals surface area contributed by atoms with Crippen molar-refractivity contribution in [1.82, 2.24) is 4.72 Å². The Morgan fingerprint density at radius 3 is 2.57 bits per heavy atom. The molecule has 0 fully saturated rings. The molecule has 0 amide bonds. The van der Waals surface area contributed by atoms with E-state index in [4.69, 9.17) is 5.11 Å². The van der Waals surface area contributed by atoms with Crippen molar-refractivity contribution in [3.8, 4) is 0 Å². The van der Waals surface area contributed by atoms with Gasteiger partial charge in [0.2, 0.25) is 10.0 Å². The van der Waals surface area contributed by atoms with Crippen molar-refractivity contribution in [3.05, 3.63) is 49.0 Å². The Balaban J connectivity index is 2.07. The number of benzene rings is 1. The summed E-state index contributed by atoms with van der Waals surface area (Å²) in [7, 11) is -3.60. The van der Waals surface area contributed by atoms with E-state index in [0.717, 1.165) is 8.66 Å². The van der Waals surface area contributed by atoms with Crippen LogP contribution in [0.15, 0.2) is 43.5 Å². The van der Waals surface area contributed by atoms with E-state index in [9.17, 15) is 8.42 Å². The van der Waals surface area contributed by atoms with Crippen LogP contribution in [0.3, 0.4) is 0 Å². The van der Waals surface area contributed by atoms with Gasteiger partial charge >= 0.3 is 0 Å². The van der Waals surface area contributed by atoms with E-state index < -0.39 is 10.0 Å². The van der Waals surface area contributed by atoms with Crippen LogP contribution in [0.5, 0.6) is 0 Å². The number of hydrogen-bond acceptors (Lipinski definition) is 4. The molecule has 8 heteroatoms. The first-order valence-corrected chi connectivity index (χ1v) is 9.94. The third-order valence-electron chi connectivity index (χ3n) is 2.76. The van der Waals surface area contributed by atoms with Gasteiger partial charge in [-0.25, -0.2) is 13.1 Å². The average Bonchev–Trinajstić information content (AvgIpc) is 2.84. The minimum atomic E-state index is -3.60. The molecule has 4 nitrogen and oxygen atoms in total. The molecule has 0 aliphatic carbocycles. The van der Waals surface area contributed by atoms with Crippen molar-refractivity contribution in [2.45, 2.75) is 17.9 Å². The molecule has 0 aliphatic rings. The molecule has 2 rings (SSSR count). The predicted octanol–water partition coefficient (Wildman–Crippen LogP) is 3.29. The predicted molar refractivity (Wildman–Crippen MR) is 91.0 cm³/mol. The zero-order valence-corrected chi connectivity index (χ0v) is 15.6. The van der Waals surface area contributed by atoms with Gasteiger partial charge in [-0.2, -0.15) is 0 Å². The second-order valence-corrected chi connectivity index (χ2v) is 9.41. The smallest absolute Gasteiger partial charge is 0.241 e. The Kier molecular flexibility index (Phi) is 5.98. The third-order valence-corrected chi connectivity index (χ3v) is 6.90. The van der Waals surface area contributed by atoms with Crippen molar-refractivity contribution in [2.75, 3.05) is 6.54 Å². The van der Waals surface area contributed by atoms with Crippen LogP contribution in [0.25, 0.3) is 0 Å². The lowest BCUT2D eigenvalue weighted by Crippen LogP contribution is -2.26. The Hall–Kier alpha value is -0.250. The summed E-state index contributed by atoms with van der Waals surface area (Å²) >= 11 is 8.19. The van der Waals surface area contributed by atoms with Gasteiger partial charge in [-0.1, -0.05) is 6.07 Å². The highest BCUT2D eigenvalue weighted by Crippen LogP contribution is 2.24. The summed E-state index contributed by atoms with van der Waals surface area (Å²) in [6.45, 7) is 0.129. The van der Waals surface area contributed by atoms with Gasteiger partial charge in [-0.15, -0.1) is 11.3 Å². The number of thiophene rings is 1. The molecule has 114 valence electrons. The Morgan fingerprint density at radius 1 is 1.19 bits per heavy atom. The largest absolute Gasteiger partial charge is 0.392 e. The maximum atomic E-state index is 12.3. The lowest BCUT2D eigenvalue weighted by Gasteiger charge is -2.09. The second kappa shape index (κ2) is 7.34. The highest BCUT2D eigenvalue weighted by atomic mass is 79.9. The number of aliphatic hydroxyl groups excluding tert-OH is 1. The topological polar surface area (TPSA) is 66.4 Å². The Labute approximate surface area is 144 Å². The standard InChI is InChI=1S/C13H13Br2NO3S2/c14-11-3-1-9(8-17)7-12(11)21(18,19)16-6-5-10-2-4-13(15)20-10/h1-4,7,16-17H,5-6,8H2. The van der Waals surface area contributed by atoms with Crippen LogP contribution in [0.2, 0.25) is 0 Å². The van der Waals surface area contributed by atoms with Crippen molar-refractivity contribution in [2.24, 2.45) is 0 Å². The summed E-state index contributed by atoms with van der Waals surface area (Å²) in [5, 5.41) is 9.11. The summed E-state index contributed by atoms with van der Waals surface area (Å²) in [6.07, 6.45) is 0.632. The van der Waals surface area contributed by atoms with Crippen molar-refractivity contribution in [1.29, 1.82) is 0 Å². The van der Waals surface area contributed by atoms with Crippen molar-refractivity contribution >= 4 is 53.2 Å². The van der Waals surface area contributed by atoms with E-state index in [0.29, 0.717) is 23.0 Å². The zero-order chi connectivity index (χ0) is 15.5. The zero-order valence-electron chi connectivity index (χ0n) is 10.8. The minimum Gasteiger partial charge on any atom is -0.392 e. The van der Waals surface area contributed by atoms with Gasteiger partial charge in [0.05, 0.1) is 15.3 Å². The summed E-state index contributed by atoms with van der Waals surface area (Å²) in [5.74, 6) is 0. The van der Waals surface area contributed by atoms with Gasteiger partial charge in [0, 0.05) is 15.9 Å². The Morgan fingerprint density at radius 2 is 1.95 bits per heavy atom. The Bertz CT molecular complexity index is 729. The molecular weight excluding hydrogens is 442 g/mol. The van der Waals surface area contributed by atoms with Crippen molar-refractivity contribution in [3.63, 3.8) is 0 Å². The number of halogens is 2. The normalized spacial score (nSPS) is 11.8. The van der Waals surface area contributed by atoms with Gasteiger partial charge in [0.1, 0.15) is 0 Å². The molecule has 0 saturated carbocycles. The van der Waals surface area contributed by atoms with E-state index in [2.05, 4.69) is 36.6 Å². The van der Waals surface area contributed by atoms with Crippen LogP contribution in [0.1, 0.15) is 10.4 Å². The summed E-state index contributed by atoms with van der Waals surface area (Å²) in [5.41, 5.74) is 0.556. The van der Waals surface area contributed by atoms with Crippen LogP contribution in [0, 0.1) is 0 Å². The van der Waals surface area contributed by atoms with E-state index in [-0.39, 0.29) is 11.5 Å². The van der Waals surface area contributed by atoms with Crippen LogP contribution < -0.4 is 4.72 Å². The molecule has 1 aromatic heterocycles. The van der Waals surface area contributed by atoms with Gasteiger partial charge in [0.15, 0.2) is 0 Å². The fourth-order valence-corrected chi connectivity index (χ4v) is 5.25. The highest BCUT2D eigenvalue weighted by Gasteiger charge is 2.17. The molecule has 2 N–H and O–H groups in total. The molecule has 0 atom stereocenters. The maximum absolute atomic E-state index is 12.3. The monoisotopic (exact) mass is 453 g/mol. The molecule has 0 spiro atoms. The van der Waals surface area contributed by atoms with Crippen LogP contribution in [-0.4, -0.2) is 20.1 Å². The molecule has 0 saturated heterocycles. The van der Waals surface area contributed by atoms with Gasteiger partial charge in [0.25, 0.3) is 0 Å². The van der Waals surface area contributed by atoms with Gasteiger partial charge in [-0.05, 0) is 68.1 Å². The number of rotatable bonds is 6. The third kappa shape index (κ3) is 4.61. The van der Waals surface area contributed by atoms with E-state index >= 15 is 0 Å². The SMILES string of the molecule is O=S(=O)(NCCc1ccc(Br)s1)c1cc(CO)ccc1Br. The molecule has 1 heterocycles. The minimum absolute atomic E-state index is 0.140. The van der Waals surface area contributed by atoms with Crippen LogP contribution in [0.4, 0.5) is 0 Å². The second-order valence-electron chi connectivity index (χ2n) is 4.28. The summed E-state index contributed by atoms with van der Waals surface area (Å²) in [6, 6.07) is 8.66. The summed E-state index contributed by atoms with van der Waals surface area (Å²) < 4.78 is 28.7. The molecule has 0 bridgehead atoms. The lowest BCUT2D eigenvalue weighted by molar-refractivity contribution is 0.281. The quantitative estimate of drug-likeness (QED) is 0.703. The first-order valence-electron chi connectivity index (χ1n) is 6.05. The van der Waals surface area contributed by atoms with E-state index in [1.54, 1.807) is 23.5 Å². The van der Waals surface area contributed by atoms with E-state index in [1.165, 1.54) is 6.07 Å². The fraction of sp³-hybridized carbons (Fsp3) is 0.231. The first kappa shape index (κ1) is 17.1. The molecule has 0 unspecified atom stereocenters. The number of hydrogen-bond donors (Lipinski definition) is 2. The number of nitrogens with one attached hydrogen (secondary N) is 1. The summed E-state index contributed by atoms with van der Waals surface area (Å²) in [4.78, 5) is 1.24. The van der Waals surface area contributed by atoms with Gasteiger partial charge < -0.3 is 5.11 Å². The average molecular weight is 455 g/mol. The lowest BCUT2D eigenvalue weighted by atomic mass is 10.2. The van der Waals surface area contributed by atoms with E-state index in [1.807, 2.05) is 12.1 Å². The first-order chi connectivity index (χ1) is 9.92. The highest BCUT2D eigenvalue weighted by molar-refractivity contribution is 9.11. The molecule has 0 radical (unpaired) electrons. The van der Waals surface area contributed by atoms with Gasteiger partial charge in [-0.3, -0.25) is 0 Å². The molecule has 21 heavy (non-hydrogen) atoms. The molecule has 2 aromatic rings. The van der Waals surface area contributed by atoms with Crippen molar-refractivity contribution < 1.29 is 13.5 Å². The molecule has 1 aromatic carbocycles. The number of aliphatic hydroxyl groups is 1. The van der Waals surface area contributed by atoms with Crippen LogP contribution >= 0.6 is 43.2 Å². The molecular formula is C13H13Br2NO3S2. The molecule has 0 aliphatic heterocycles. The fourth-order valence-electron chi connectivity index (χ4n) is 1.72. The van der Waals surface area contributed by atoms with Crippen LogP contribution in [-0.2, 0) is 23.1 Å². The maximum Gasteiger partial charge on any atom is 0.241 e. The number of sulfonamides is 1.